The number of urea groups is 1. The summed E-state index contributed by atoms with van der Waals surface area (Å²) >= 11 is 0. The summed E-state index contributed by atoms with van der Waals surface area (Å²) in [6.07, 6.45) is 2.06. The van der Waals surface area contributed by atoms with Gasteiger partial charge in [0, 0.05) is 0 Å². The number of nitrogens with zero attached hydrogens (tertiary/aromatic N) is 1. The summed E-state index contributed by atoms with van der Waals surface area (Å²) in [6, 6.07) is 16.4. The number of phenols is 1. The smallest absolute Gasteiger partial charge is 0.335 e. The van der Waals surface area contributed by atoms with Crippen molar-refractivity contribution in [2.75, 3.05) is 12.0 Å². The molecule has 0 atom stereocenters. The summed E-state index contributed by atoms with van der Waals surface area (Å²) in [4.78, 5) is 39.1. The van der Waals surface area contributed by atoms with Crippen molar-refractivity contribution in [2.45, 2.75) is 20.3 Å². The first kappa shape index (κ1) is 22.8. The van der Waals surface area contributed by atoms with E-state index in [-0.39, 0.29) is 17.0 Å². The van der Waals surface area contributed by atoms with E-state index in [9.17, 15) is 19.5 Å². The van der Waals surface area contributed by atoms with Gasteiger partial charge in [0.25, 0.3) is 11.8 Å². The lowest BCUT2D eigenvalue weighted by atomic mass is 9.95. The molecule has 1 heterocycles. The van der Waals surface area contributed by atoms with E-state index in [0.29, 0.717) is 17.7 Å². The number of methoxy groups -OCH3 is 1. The first-order valence-electron chi connectivity index (χ1n) is 10.7. The van der Waals surface area contributed by atoms with Gasteiger partial charge in [0.05, 0.1) is 12.8 Å². The molecule has 172 valence electrons. The monoisotopic (exact) mass is 456 g/mol. The van der Waals surface area contributed by atoms with Gasteiger partial charge in [-0.1, -0.05) is 35.4 Å². The third-order valence-corrected chi connectivity index (χ3v) is 5.54. The number of barbiturate groups is 1. The highest BCUT2D eigenvalue weighted by Gasteiger charge is 2.36. The van der Waals surface area contributed by atoms with Gasteiger partial charge >= 0.3 is 6.03 Å². The van der Waals surface area contributed by atoms with Gasteiger partial charge in [0.2, 0.25) is 0 Å². The molecule has 7 heteroatoms. The van der Waals surface area contributed by atoms with Crippen LogP contribution in [0.2, 0.25) is 0 Å². The topological polar surface area (TPSA) is 95.9 Å². The van der Waals surface area contributed by atoms with Gasteiger partial charge in [-0.25, -0.2) is 9.69 Å². The molecule has 1 aliphatic rings. The predicted molar refractivity (Wildman–Crippen MR) is 129 cm³/mol. The van der Waals surface area contributed by atoms with Crippen LogP contribution in [0.3, 0.4) is 0 Å². The Kier molecular flexibility index (Phi) is 6.19. The Hall–Kier alpha value is -4.39. The molecule has 4 rings (SSSR count). The van der Waals surface area contributed by atoms with Crippen LogP contribution in [0.25, 0.3) is 6.08 Å². The van der Waals surface area contributed by atoms with Crippen LogP contribution in [0.5, 0.6) is 11.5 Å². The maximum absolute atomic E-state index is 13.2. The molecule has 0 bridgehead atoms. The molecule has 2 N–H and O–H groups in total. The Morgan fingerprint density at radius 3 is 2.26 bits per heavy atom. The number of imide groups is 2. The van der Waals surface area contributed by atoms with E-state index in [0.717, 1.165) is 27.2 Å². The number of aromatic hydroxyl groups is 1. The summed E-state index contributed by atoms with van der Waals surface area (Å²) in [5, 5.41) is 11.7. The number of hydrogen-bond acceptors (Lipinski definition) is 5. The van der Waals surface area contributed by atoms with Crippen molar-refractivity contribution in [3.63, 3.8) is 0 Å². The number of amides is 4. The molecular formula is C27H24N2O5. The lowest BCUT2D eigenvalue weighted by Gasteiger charge is -2.26. The highest BCUT2D eigenvalue weighted by atomic mass is 16.5. The van der Waals surface area contributed by atoms with Crippen molar-refractivity contribution in [3.05, 3.63) is 94.1 Å². The largest absolute Gasteiger partial charge is 0.508 e. The average molecular weight is 456 g/mol. The summed E-state index contributed by atoms with van der Waals surface area (Å²) in [7, 11) is 1.58. The Labute approximate surface area is 197 Å². The lowest BCUT2D eigenvalue weighted by molar-refractivity contribution is -0.122. The third-order valence-electron chi connectivity index (χ3n) is 5.54. The van der Waals surface area contributed by atoms with E-state index < -0.39 is 17.8 Å². The van der Waals surface area contributed by atoms with E-state index >= 15 is 0 Å². The summed E-state index contributed by atoms with van der Waals surface area (Å²) in [5.74, 6) is -0.859. The molecule has 0 aromatic heterocycles. The van der Waals surface area contributed by atoms with Gasteiger partial charge in [-0.2, -0.15) is 0 Å². The average Bonchev–Trinajstić information content (AvgIpc) is 2.78. The van der Waals surface area contributed by atoms with Crippen LogP contribution in [-0.4, -0.2) is 30.1 Å². The van der Waals surface area contributed by atoms with Crippen LogP contribution in [-0.2, 0) is 16.0 Å². The second-order valence-electron chi connectivity index (χ2n) is 8.21. The van der Waals surface area contributed by atoms with Crippen LogP contribution < -0.4 is 15.0 Å². The van der Waals surface area contributed by atoms with Crippen molar-refractivity contribution >= 4 is 29.6 Å². The number of benzene rings is 3. The van der Waals surface area contributed by atoms with Crippen LogP contribution >= 0.6 is 0 Å². The second kappa shape index (κ2) is 9.23. The van der Waals surface area contributed by atoms with Gasteiger partial charge in [-0.15, -0.1) is 0 Å². The van der Waals surface area contributed by atoms with Gasteiger partial charge in [-0.3, -0.25) is 14.9 Å². The molecule has 0 unspecified atom stereocenters. The Balaban J connectivity index is 1.75. The molecule has 1 saturated heterocycles. The maximum Gasteiger partial charge on any atom is 0.335 e. The van der Waals surface area contributed by atoms with E-state index in [2.05, 4.69) is 23.5 Å². The van der Waals surface area contributed by atoms with Crippen molar-refractivity contribution < 1.29 is 24.2 Å². The fourth-order valence-electron chi connectivity index (χ4n) is 4.04. The van der Waals surface area contributed by atoms with E-state index in [1.165, 1.54) is 30.3 Å². The van der Waals surface area contributed by atoms with Crippen LogP contribution in [0.15, 0.2) is 66.2 Å². The Bertz CT molecular complexity index is 1310. The Morgan fingerprint density at radius 1 is 0.941 bits per heavy atom. The normalized spacial score (nSPS) is 15.0. The second-order valence-corrected chi connectivity index (χ2v) is 8.21. The van der Waals surface area contributed by atoms with Crippen LogP contribution in [0.4, 0.5) is 10.5 Å². The number of rotatable bonds is 5. The quantitative estimate of drug-likeness (QED) is 0.441. The molecule has 1 fully saturated rings. The SMILES string of the molecule is COc1ccc(/C=C2\C(=O)NC(=O)N(c3ccc(O)cc3)C2=O)c(Cc2cc(C)cc(C)c2)c1. The molecule has 7 nitrogen and oxygen atoms in total. The zero-order valence-electron chi connectivity index (χ0n) is 19.1. The molecule has 4 amide bonds. The minimum atomic E-state index is -0.844. The molecule has 0 aliphatic carbocycles. The number of carbonyl (C=O) groups excluding carboxylic acids is 3. The highest BCUT2D eigenvalue weighted by Crippen LogP contribution is 2.27. The minimum absolute atomic E-state index is 0.00489. The van der Waals surface area contributed by atoms with Crippen molar-refractivity contribution in [2.24, 2.45) is 0 Å². The molecule has 3 aromatic carbocycles. The van der Waals surface area contributed by atoms with Crippen molar-refractivity contribution in [1.29, 1.82) is 0 Å². The maximum atomic E-state index is 13.2. The zero-order valence-corrected chi connectivity index (χ0v) is 19.1. The number of carbonyl (C=O) groups is 3. The third kappa shape index (κ3) is 4.68. The number of nitrogens with one attached hydrogen (secondary N) is 1. The first-order chi connectivity index (χ1) is 16.2. The van der Waals surface area contributed by atoms with E-state index in [1.807, 2.05) is 19.9 Å². The minimum Gasteiger partial charge on any atom is -0.508 e. The van der Waals surface area contributed by atoms with Crippen molar-refractivity contribution in [1.82, 2.24) is 5.32 Å². The number of aryl methyl sites for hydroxylation is 2. The lowest BCUT2D eigenvalue weighted by Crippen LogP contribution is -2.54. The van der Waals surface area contributed by atoms with Gasteiger partial charge in [0.15, 0.2) is 0 Å². The standard InChI is InChI=1S/C27H24N2O5/c1-16-10-17(2)12-18(11-16)13-20-14-23(34-3)9-4-19(20)15-24-25(31)28-27(33)29(26(24)32)21-5-7-22(30)8-6-21/h4-12,14-15,30H,13H2,1-3H3,(H,28,31,33)/b24-15+. The van der Waals surface area contributed by atoms with Gasteiger partial charge < -0.3 is 9.84 Å². The van der Waals surface area contributed by atoms with Crippen LogP contribution in [0.1, 0.15) is 27.8 Å². The highest BCUT2D eigenvalue weighted by molar-refractivity contribution is 6.39. The number of hydrogen-bond donors (Lipinski definition) is 2. The van der Waals surface area contributed by atoms with Crippen molar-refractivity contribution in [3.8, 4) is 11.5 Å². The summed E-state index contributed by atoms with van der Waals surface area (Å²) < 4.78 is 5.39. The summed E-state index contributed by atoms with van der Waals surface area (Å²) in [6.45, 7) is 4.07. The molecule has 0 spiro atoms. The molecular weight excluding hydrogens is 432 g/mol. The fraction of sp³-hybridized carbons (Fsp3) is 0.148. The molecule has 34 heavy (non-hydrogen) atoms. The molecule has 0 saturated carbocycles. The van der Waals surface area contributed by atoms with Crippen LogP contribution in [0, 0.1) is 13.8 Å². The molecule has 0 radical (unpaired) electrons. The van der Waals surface area contributed by atoms with Gasteiger partial charge in [0.1, 0.15) is 17.1 Å². The predicted octanol–water partition coefficient (Wildman–Crippen LogP) is 4.27. The number of ether oxygens (including phenoxy) is 1. The zero-order chi connectivity index (χ0) is 24.4. The summed E-state index contributed by atoms with van der Waals surface area (Å²) in [5.41, 5.74) is 4.98. The van der Waals surface area contributed by atoms with E-state index in [1.54, 1.807) is 19.2 Å². The first-order valence-corrected chi connectivity index (χ1v) is 10.7. The number of anilines is 1. The number of phenolic OH excluding ortho intramolecular Hbond substituents is 1. The molecule has 1 aliphatic heterocycles. The fourth-order valence-corrected chi connectivity index (χ4v) is 4.04. The Morgan fingerprint density at radius 2 is 1.62 bits per heavy atom. The molecule has 3 aromatic rings. The van der Waals surface area contributed by atoms with E-state index in [4.69, 9.17) is 4.74 Å². The van der Waals surface area contributed by atoms with Gasteiger partial charge in [-0.05, 0) is 79.4 Å².